The van der Waals surface area contributed by atoms with E-state index in [1.54, 1.807) is 56.3 Å². The molecule has 0 radical (unpaired) electrons. The Morgan fingerprint density at radius 1 is 1.15 bits per heavy atom. The number of hydrogen-bond acceptors (Lipinski definition) is 5. The predicted molar refractivity (Wildman–Crippen MR) is 125 cm³/mol. The number of ether oxygens (including phenoxy) is 2. The van der Waals surface area contributed by atoms with Crippen molar-refractivity contribution >= 4 is 29.1 Å². The summed E-state index contributed by atoms with van der Waals surface area (Å²) in [5.74, 6) is 0.0177. The number of nitrogens with zero attached hydrogens (tertiary/aromatic N) is 1. The highest BCUT2D eigenvalue weighted by atomic mass is 16.5. The monoisotopic (exact) mass is 451 g/mol. The quantitative estimate of drug-likeness (QED) is 0.701. The van der Waals surface area contributed by atoms with Gasteiger partial charge in [0.2, 0.25) is 5.91 Å². The van der Waals surface area contributed by atoms with E-state index < -0.39 is 11.5 Å². The van der Waals surface area contributed by atoms with E-state index in [-0.39, 0.29) is 24.4 Å². The average Bonchev–Trinajstić information content (AvgIpc) is 3.30. The number of para-hydroxylation sites is 2. The second kappa shape index (κ2) is 9.13. The third kappa shape index (κ3) is 4.79. The van der Waals surface area contributed by atoms with Crippen LogP contribution in [0, 0.1) is 0 Å². The molecule has 1 aliphatic carbocycles. The first kappa shape index (κ1) is 22.6. The second-order valence-electron chi connectivity index (χ2n) is 8.89. The summed E-state index contributed by atoms with van der Waals surface area (Å²) in [6.07, 6.45) is 4.17. The molecule has 174 valence electrons. The van der Waals surface area contributed by atoms with Crippen molar-refractivity contribution in [1.29, 1.82) is 0 Å². The van der Waals surface area contributed by atoms with Crippen LogP contribution in [-0.2, 0) is 9.59 Å². The molecule has 2 aromatic rings. The fraction of sp³-hybridized carbons (Fsp3) is 0.400. The summed E-state index contributed by atoms with van der Waals surface area (Å²) < 4.78 is 11.2. The molecule has 1 aliphatic heterocycles. The summed E-state index contributed by atoms with van der Waals surface area (Å²) in [6.45, 7) is 3.08. The Hall–Kier alpha value is -3.55. The van der Waals surface area contributed by atoms with Crippen LogP contribution in [-0.4, -0.2) is 43.0 Å². The van der Waals surface area contributed by atoms with E-state index in [2.05, 4.69) is 10.6 Å². The molecule has 1 saturated carbocycles. The van der Waals surface area contributed by atoms with E-state index in [4.69, 9.17) is 9.47 Å². The van der Waals surface area contributed by atoms with Crippen LogP contribution >= 0.6 is 0 Å². The molecule has 0 spiro atoms. The molecule has 0 saturated heterocycles. The number of benzene rings is 2. The average molecular weight is 452 g/mol. The van der Waals surface area contributed by atoms with Crippen molar-refractivity contribution < 1.29 is 23.9 Å². The van der Waals surface area contributed by atoms with Gasteiger partial charge < -0.3 is 20.1 Å². The Bertz CT molecular complexity index is 1080. The van der Waals surface area contributed by atoms with Crippen molar-refractivity contribution in [3.63, 3.8) is 0 Å². The minimum Gasteiger partial charge on any atom is -0.495 e. The Labute approximate surface area is 193 Å². The zero-order valence-corrected chi connectivity index (χ0v) is 19.1. The van der Waals surface area contributed by atoms with E-state index in [1.165, 1.54) is 12.0 Å². The zero-order valence-electron chi connectivity index (χ0n) is 19.1. The zero-order chi connectivity index (χ0) is 23.6. The summed E-state index contributed by atoms with van der Waals surface area (Å²) in [7, 11) is 1.52. The van der Waals surface area contributed by atoms with Gasteiger partial charge in [-0.3, -0.25) is 19.3 Å². The van der Waals surface area contributed by atoms with Crippen LogP contribution in [0.4, 0.5) is 11.4 Å². The van der Waals surface area contributed by atoms with Gasteiger partial charge in [-0.1, -0.05) is 25.0 Å². The normalized spacial score (nSPS) is 17.2. The molecular formula is C25H29N3O5. The highest BCUT2D eigenvalue weighted by Gasteiger charge is 2.42. The van der Waals surface area contributed by atoms with Gasteiger partial charge in [-0.05, 0) is 57.0 Å². The van der Waals surface area contributed by atoms with Gasteiger partial charge >= 0.3 is 0 Å². The Kier molecular flexibility index (Phi) is 6.26. The molecule has 2 N–H and O–H groups in total. The lowest BCUT2D eigenvalue weighted by Crippen LogP contribution is -2.54. The first-order chi connectivity index (χ1) is 15.8. The molecule has 0 bridgehead atoms. The lowest BCUT2D eigenvalue weighted by Gasteiger charge is -2.38. The summed E-state index contributed by atoms with van der Waals surface area (Å²) >= 11 is 0. The molecule has 2 aliphatic rings. The minimum absolute atomic E-state index is 0.174. The Morgan fingerprint density at radius 2 is 1.88 bits per heavy atom. The van der Waals surface area contributed by atoms with Crippen LogP contribution < -0.4 is 25.0 Å². The van der Waals surface area contributed by atoms with Gasteiger partial charge in [0.25, 0.3) is 11.8 Å². The topological polar surface area (TPSA) is 97.0 Å². The maximum Gasteiger partial charge on any atom is 0.271 e. The van der Waals surface area contributed by atoms with Crippen molar-refractivity contribution in [1.82, 2.24) is 5.32 Å². The predicted octanol–water partition coefficient (Wildman–Crippen LogP) is 3.51. The molecule has 8 heteroatoms. The standard InChI is InChI=1S/C25H29N3O5/c1-25(2)24(31)28(15-22(29)27-18-10-6-7-11-20(18)32-3)19-14-16(12-13-21(19)33-25)23(30)26-17-8-4-5-9-17/h6-7,10-14,17H,4-5,8-9,15H2,1-3H3,(H,26,30)(H,27,29). The minimum atomic E-state index is -1.15. The molecule has 4 rings (SSSR count). The number of amides is 3. The number of carbonyl (C=O) groups excluding carboxylic acids is 3. The molecule has 2 aromatic carbocycles. The molecule has 33 heavy (non-hydrogen) atoms. The van der Waals surface area contributed by atoms with E-state index in [0.717, 1.165) is 25.7 Å². The van der Waals surface area contributed by atoms with E-state index in [1.807, 2.05) is 0 Å². The Morgan fingerprint density at radius 3 is 2.61 bits per heavy atom. The van der Waals surface area contributed by atoms with Crippen molar-refractivity contribution in [3.8, 4) is 11.5 Å². The van der Waals surface area contributed by atoms with E-state index in [9.17, 15) is 14.4 Å². The molecule has 3 amide bonds. The molecule has 1 heterocycles. The van der Waals surface area contributed by atoms with Gasteiger partial charge in [-0.2, -0.15) is 0 Å². The summed E-state index contributed by atoms with van der Waals surface area (Å²) in [5, 5.41) is 5.85. The molecule has 0 unspecified atom stereocenters. The third-order valence-corrected chi connectivity index (χ3v) is 6.01. The first-order valence-electron chi connectivity index (χ1n) is 11.2. The van der Waals surface area contributed by atoms with Crippen LogP contribution in [0.3, 0.4) is 0 Å². The van der Waals surface area contributed by atoms with Gasteiger partial charge in [0.1, 0.15) is 18.0 Å². The van der Waals surface area contributed by atoms with Crippen molar-refractivity contribution in [2.45, 2.75) is 51.2 Å². The van der Waals surface area contributed by atoms with Gasteiger partial charge in [0.05, 0.1) is 18.5 Å². The van der Waals surface area contributed by atoms with Crippen molar-refractivity contribution in [3.05, 3.63) is 48.0 Å². The van der Waals surface area contributed by atoms with Crippen LogP contribution in [0.1, 0.15) is 49.9 Å². The lowest BCUT2D eigenvalue weighted by molar-refractivity contribution is -0.133. The van der Waals surface area contributed by atoms with Crippen LogP contribution in [0.5, 0.6) is 11.5 Å². The van der Waals surface area contributed by atoms with Crippen molar-refractivity contribution in [2.24, 2.45) is 0 Å². The molecule has 0 atom stereocenters. The Balaban J connectivity index is 1.58. The number of rotatable bonds is 6. The largest absolute Gasteiger partial charge is 0.495 e. The van der Waals surface area contributed by atoms with Crippen LogP contribution in [0.15, 0.2) is 42.5 Å². The summed E-state index contributed by atoms with van der Waals surface area (Å²) in [5.41, 5.74) is 0.182. The van der Waals surface area contributed by atoms with E-state index in [0.29, 0.717) is 28.4 Å². The maximum atomic E-state index is 13.2. The first-order valence-corrected chi connectivity index (χ1v) is 11.2. The smallest absolute Gasteiger partial charge is 0.271 e. The number of methoxy groups -OCH3 is 1. The molecule has 8 nitrogen and oxygen atoms in total. The highest BCUT2D eigenvalue weighted by molar-refractivity contribution is 6.09. The number of carbonyl (C=O) groups is 3. The number of hydrogen-bond donors (Lipinski definition) is 2. The molecule has 0 aromatic heterocycles. The highest BCUT2D eigenvalue weighted by Crippen LogP contribution is 2.38. The number of anilines is 2. The maximum absolute atomic E-state index is 13.2. The fourth-order valence-corrected chi connectivity index (χ4v) is 4.29. The number of fused-ring (bicyclic) bond motifs is 1. The van der Waals surface area contributed by atoms with E-state index >= 15 is 0 Å². The summed E-state index contributed by atoms with van der Waals surface area (Å²) in [6, 6.07) is 12.2. The number of nitrogens with one attached hydrogen (secondary N) is 2. The van der Waals surface area contributed by atoms with Gasteiger partial charge in [-0.25, -0.2) is 0 Å². The third-order valence-electron chi connectivity index (χ3n) is 6.01. The summed E-state index contributed by atoms with van der Waals surface area (Å²) in [4.78, 5) is 40.2. The van der Waals surface area contributed by atoms with Gasteiger partial charge in [0.15, 0.2) is 5.60 Å². The second-order valence-corrected chi connectivity index (χ2v) is 8.89. The van der Waals surface area contributed by atoms with Crippen LogP contribution in [0.25, 0.3) is 0 Å². The lowest BCUT2D eigenvalue weighted by atomic mass is 10.0. The fourth-order valence-electron chi connectivity index (χ4n) is 4.29. The van der Waals surface area contributed by atoms with Crippen molar-refractivity contribution in [2.75, 3.05) is 23.9 Å². The molecular weight excluding hydrogens is 422 g/mol. The SMILES string of the molecule is COc1ccccc1NC(=O)CN1C(=O)C(C)(C)Oc2ccc(C(=O)NC3CCCC3)cc21. The molecule has 1 fully saturated rings. The van der Waals surface area contributed by atoms with Gasteiger partial charge in [-0.15, -0.1) is 0 Å². The van der Waals surface area contributed by atoms with Gasteiger partial charge in [0, 0.05) is 11.6 Å². The van der Waals surface area contributed by atoms with Crippen LogP contribution in [0.2, 0.25) is 0 Å².